The van der Waals surface area contributed by atoms with Crippen molar-refractivity contribution in [2.45, 2.75) is 32.3 Å². The van der Waals surface area contributed by atoms with E-state index in [2.05, 4.69) is 12.2 Å². The van der Waals surface area contributed by atoms with E-state index in [9.17, 15) is 4.79 Å². The molecule has 2 atom stereocenters. The molecule has 0 radical (unpaired) electrons. The largest absolute Gasteiger partial charge is 0.486 e. The molecule has 2 aliphatic rings. The van der Waals surface area contributed by atoms with E-state index in [0.717, 1.165) is 30.8 Å². The van der Waals surface area contributed by atoms with E-state index >= 15 is 0 Å². The van der Waals surface area contributed by atoms with Crippen LogP contribution in [-0.4, -0.2) is 36.6 Å². The van der Waals surface area contributed by atoms with Crippen LogP contribution < -0.4 is 9.47 Å². The van der Waals surface area contributed by atoms with Crippen LogP contribution in [0.3, 0.4) is 0 Å². The Labute approximate surface area is 131 Å². The number of benzene rings is 1. The minimum Gasteiger partial charge on any atom is -0.486 e. The van der Waals surface area contributed by atoms with Crippen molar-refractivity contribution >= 4 is 5.91 Å². The normalized spacial score (nSPS) is 23.1. The number of allylic oxidation sites excluding steroid dienone is 2. The topological polar surface area (TPSA) is 38.8 Å². The first-order valence-electron chi connectivity index (χ1n) is 8.10. The summed E-state index contributed by atoms with van der Waals surface area (Å²) in [5.41, 5.74) is 0. The molecule has 1 amide bonds. The lowest BCUT2D eigenvalue weighted by molar-refractivity contribution is -0.137. The minimum atomic E-state index is -0.0991. The number of nitrogens with zero attached hydrogens (tertiary/aromatic N) is 1. The maximum Gasteiger partial charge on any atom is 0.226 e. The second-order valence-electron chi connectivity index (χ2n) is 5.86. The predicted octanol–water partition coefficient (Wildman–Crippen LogP) is 3.03. The van der Waals surface area contributed by atoms with Crippen molar-refractivity contribution in [2.75, 3.05) is 19.7 Å². The fourth-order valence-corrected chi connectivity index (χ4v) is 3.05. The lowest BCUT2D eigenvalue weighted by atomic mass is 9.93. The van der Waals surface area contributed by atoms with Crippen LogP contribution in [0.25, 0.3) is 0 Å². The van der Waals surface area contributed by atoms with Crippen molar-refractivity contribution in [3.05, 3.63) is 36.4 Å². The summed E-state index contributed by atoms with van der Waals surface area (Å²) in [5.74, 6) is 1.92. The Kier molecular flexibility index (Phi) is 4.66. The second-order valence-corrected chi connectivity index (χ2v) is 5.86. The highest BCUT2D eigenvalue weighted by molar-refractivity contribution is 5.79. The van der Waals surface area contributed by atoms with Gasteiger partial charge in [-0.2, -0.15) is 0 Å². The van der Waals surface area contributed by atoms with E-state index in [-0.39, 0.29) is 17.9 Å². The molecule has 3 rings (SSSR count). The van der Waals surface area contributed by atoms with Crippen LogP contribution >= 0.6 is 0 Å². The van der Waals surface area contributed by atoms with Crippen LogP contribution in [0.1, 0.15) is 26.2 Å². The molecule has 118 valence electrons. The molecule has 0 saturated carbocycles. The third kappa shape index (κ3) is 3.26. The van der Waals surface area contributed by atoms with Crippen molar-refractivity contribution in [2.24, 2.45) is 5.92 Å². The maximum absolute atomic E-state index is 12.6. The molecule has 2 unspecified atom stereocenters. The molecule has 0 bridgehead atoms. The number of fused-ring (bicyclic) bond motifs is 1. The molecular formula is C18H23NO3. The Morgan fingerprint density at radius 1 is 1.27 bits per heavy atom. The van der Waals surface area contributed by atoms with E-state index in [1.54, 1.807) is 0 Å². The number of ether oxygens (including phenoxy) is 2. The van der Waals surface area contributed by atoms with E-state index in [0.29, 0.717) is 19.7 Å². The lowest BCUT2D eigenvalue weighted by Gasteiger charge is -2.32. The highest BCUT2D eigenvalue weighted by Gasteiger charge is 2.28. The summed E-state index contributed by atoms with van der Waals surface area (Å²) in [6.07, 6.45) is 7.00. The van der Waals surface area contributed by atoms with Crippen molar-refractivity contribution in [1.29, 1.82) is 0 Å². The van der Waals surface area contributed by atoms with E-state index < -0.39 is 0 Å². The van der Waals surface area contributed by atoms with Crippen LogP contribution in [0.15, 0.2) is 36.4 Å². The molecule has 0 fully saturated rings. The highest BCUT2D eigenvalue weighted by atomic mass is 16.6. The molecule has 0 N–H and O–H groups in total. The average molecular weight is 301 g/mol. The zero-order chi connectivity index (χ0) is 15.4. The summed E-state index contributed by atoms with van der Waals surface area (Å²) in [5, 5.41) is 0. The Bertz CT molecular complexity index is 555. The average Bonchev–Trinajstić information content (AvgIpc) is 2.59. The van der Waals surface area contributed by atoms with Gasteiger partial charge >= 0.3 is 0 Å². The van der Waals surface area contributed by atoms with E-state index in [4.69, 9.17) is 9.47 Å². The quantitative estimate of drug-likeness (QED) is 0.802. The molecule has 1 aromatic rings. The first-order valence-corrected chi connectivity index (χ1v) is 8.10. The summed E-state index contributed by atoms with van der Waals surface area (Å²) < 4.78 is 11.7. The molecular weight excluding hydrogens is 278 g/mol. The minimum absolute atomic E-state index is 0.0991. The van der Waals surface area contributed by atoms with Gasteiger partial charge in [-0.3, -0.25) is 4.79 Å². The number of carbonyl (C=O) groups excluding carboxylic acids is 1. The zero-order valence-electron chi connectivity index (χ0n) is 13.0. The van der Waals surface area contributed by atoms with Crippen molar-refractivity contribution in [3.63, 3.8) is 0 Å². The van der Waals surface area contributed by atoms with Crippen LogP contribution in [-0.2, 0) is 4.79 Å². The SMILES string of the molecule is CCN(CC1COc2ccccc2O1)C(=O)C1CC=CCC1. The van der Waals surface area contributed by atoms with Gasteiger partial charge in [0, 0.05) is 12.5 Å². The van der Waals surface area contributed by atoms with Gasteiger partial charge in [-0.25, -0.2) is 0 Å². The van der Waals surface area contributed by atoms with Gasteiger partial charge in [0.05, 0.1) is 6.54 Å². The number of likely N-dealkylation sites (N-methyl/N-ethyl adjacent to an activating group) is 1. The fraction of sp³-hybridized carbons (Fsp3) is 0.500. The number of hydrogen-bond donors (Lipinski definition) is 0. The molecule has 1 aromatic carbocycles. The number of rotatable bonds is 4. The molecule has 4 nitrogen and oxygen atoms in total. The van der Waals surface area contributed by atoms with Crippen molar-refractivity contribution < 1.29 is 14.3 Å². The Morgan fingerprint density at radius 2 is 2.09 bits per heavy atom. The molecule has 1 heterocycles. The van der Waals surface area contributed by atoms with Gasteiger partial charge in [0.2, 0.25) is 5.91 Å². The molecule has 1 aliphatic heterocycles. The van der Waals surface area contributed by atoms with Gasteiger partial charge in [0.1, 0.15) is 6.61 Å². The van der Waals surface area contributed by atoms with Crippen molar-refractivity contribution in [3.8, 4) is 11.5 Å². The highest BCUT2D eigenvalue weighted by Crippen LogP contribution is 2.31. The first-order chi connectivity index (χ1) is 10.8. The zero-order valence-corrected chi connectivity index (χ0v) is 13.0. The van der Waals surface area contributed by atoms with Crippen LogP contribution in [0.5, 0.6) is 11.5 Å². The van der Waals surface area contributed by atoms with E-state index in [1.165, 1.54) is 0 Å². The van der Waals surface area contributed by atoms with Gasteiger partial charge in [-0.1, -0.05) is 24.3 Å². The number of carbonyl (C=O) groups is 1. The van der Waals surface area contributed by atoms with Crippen LogP contribution in [0.2, 0.25) is 0 Å². The van der Waals surface area contributed by atoms with Gasteiger partial charge in [0.25, 0.3) is 0 Å². The second kappa shape index (κ2) is 6.86. The monoisotopic (exact) mass is 301 g/mol. The smallest absolute Gasteiger partial charge is 0.226 e. The molecule has 22 heavy (non-hydrogen) atoms. The number of amides is 1. The fourth-order valence-electron chi connectivity index (χ4n) is 3.05. The summed E-state index contributed by atoms with van der Waals surface area (Å²) in [6, 6.07) is 7.68. The van der Waals surface area contributed by atoms with Gasteiger partial charge in [-0.05, 0) is 38.3 Å². The molecule has 0 saturated heterocycles. The number of para-hydroxylation sites is 2. The Balaban J connectivity index is 1.61. The Hall–Kier alpha value is -1.97. The molecule has 4 heteroatoms. The molecule has 0 aromatic heterocycles. The lowest BCUT2D eigenvalue weighted by Crippen LogP contribution is -2.45. The molecule has 1 aliphatic carbocycles. The Morgan fingerprint density at radius 3 is 2.82 bits per heavy atom. The summed E-state index contributed by atoms with van der Waals surface area (Å²) in [6.45, 7) is 3.81. The summed E-state index contributed by atoms with van der Waals surface area (Å²) in [7, 11) is 0. The molecule has 0 spiro atoms. The maximum atomic E-state index is 12.6. The third-order valence-electron chi connectivity index (χ3n) is 4.30. The van der Waals surface area contributed by atoms with Crippen molar-refractivity contribution in [1.82, 2.24) is 4.90 Å². The number of hydrogen-bond acceptors (Lipinski definition) is 3. The van der Waals surface area contributed by atoms with Crippen LogP contribution in [0, 0.1) is 5.92 Å². The summed E-state index contributed by atoms with van der Waals surface area (Å²) >= 11 is 0. The summed E-state index contributed by atoms with van der Waals surface area (Å²) in [4.78, 5) is 14.6. The van der Waals surface area contributed by atoms with Gasteiger partial charge < -0.3 is 14.4 Å². The van der Waals surface area contributed by atoms with Crippen LogP contribution in [0.4, 0.5) is 0 Å². The van der Waals surface area contributed by atoms with E-state index in [1.807, 2.05) is 36.1 Å². The first kappa shape index (κ1) is 14.9. The predicted molar refractivity (Wildman–Crippen MR) is 85.1 cm³/mol. The van der Waals surface area contributed by atoms with Gasteiger partial charge in [-0.15, -0.1) is 0 Å². The third-order valence-corrected chi connectivity index (χ3v) is 4.30. The van der Waals surface area contributed by atoms with Gasteiger partial charge in [0.15, 0.2) is 17.6 Å². The standard InChI is InChI=1S/C18H23NO3/c1-2-19(18(20)14-8-4-3-5-9-14)12-15-13-21-16-10-6-7-11-17(16)22-15/h3-4,6-7,10-11,14-15H,2,5,8-9,12-13H2,1H3.